The lowest BCUT2D eigenvalue weighted by molar-refractivity contribution is -0.113. The number of aryl methyl sites for hydroxylation is 1. The minimum atomic E-state index is -0.681. The van der Waals surface area contributed by atoms with Gasteiger partial charge in [-0.2, -0.15) is 5.10 Å². The fraction of sp³-hybridized carbons (Fsp3) is 0.750. The average Bonchev–Trinajstić information content (AvgIpc) is 2.73. The minimum Gasteiger partial charge on any atom is -0.384 e. The molecular formula is C12H21BrN2O2. The van der Waals surface area contributed by atoms with Crippen molar-refractivity contribution >= 4 is 15.9 Å². The third-order valence-electron chi connectivity index (χ3n) is 3.49. The van der Waals surface area contributed by atoms with Crippen molar-refractivity contribution in [3.8, 4) is 0 Å². The number of halogens is 1. The Labute approximate surface area is 111 Å². The van der Waals surface area contributed by atoms with Gasteiger partial charge in [-0.25, -0.2) is 0 Å². The Hall–Kier alpha value is -0.390. The van der Waals surface area contributed by atoms with Crippen LogP contribution in [0.4, 0.5) is 0 Å². The second kappa shape index (κ2) is 5.98. The quantitative estimate of drug-likeness (QED) is 0.879. The van der Waals surface area contributed by atoms with Gasteiger partial charge in [0.15, 0.2) is 0 Å². The molecule has 0 bridgehead atoms. The summed E-state index contributed by atoms with van der Waals surface area (Å²) in [6.07, 6.45) is 2.54. The summed E-state index contributed by atoms with van der Waals surface area (Å²) < 4.78 is 8.19. The van der Waals surface area contributed by atoms with Crippen LogP contribution in [0.5, 0.6) is 0 Å². The third-order valence-corrected chi connectivity index (χ3v) is 4.10. The first-order chi connectivity index (χ1) is 8.06. The van der Waals surface area contributed by atoms with E-state index in [1.807, 2.05) is 20.8 Å². The highest BCUT2D eigenvalue weighted by molar-refractivity contribution is 9.10. The number of hydrogen-bond acceptors (Lipinski definition) is 3. The molecule has 17 heavy (non-hydrogen) atoms. The molecule has 0 aromatic carbocycles. The van der Waals surface area contributed by atoms with E-state index in [0.717, 1.165) is 29.6 Å². The zero-order valence-corrected chi connectivity index (χ0v) is 12.5. The summed E-state index contributed by atoms with van der Waals surface area (Å²) >= 11 is 3.44. The number of hydrogen-bond donors (Lipinski definition) is 1. The highest BCUT2D eigenvalue weighted by Gasteiger charge is 2.38. The first-order valence-electron chi connectivity index (χ1n) is 6.00. The van der Waals surface area contributed by atoms with Gasteiger partial charge in [-0.05, 0) is 35.7 Å². The molecule has 0 aliphatic heterocycles. The van der Waals surface area contributed by atoms with Crippen LogP contribution in [0.15, 0.2) is 10.7 Å². The van der Waals surface area contributed by atoms with Gasteiger partial charge in [-0.15, -0.1) is 0 Å². The molecule has 0 amide bonds. The molecule has 1 aromatic heterocycles. The van der Waals surface area contributed by atoms with Gasteiger partial charge in [0.1, 0.15) is 6.10 Å². The number of ether oxygens (including phenoxy) is 1. The van der Waals surface area contributed by atoms with Gasteiger partial charge < -0.3 is 9.84 Å². The lowest BCUT2D eigenvalue weighted by Crippen LogP contribution is -2.38. The largest absolute Gasteiger partial charge is 0.384 e. The molecule has 1 aromatic rings. The van der Waals surface area contributed by atoms with Gasteiger partial charge in [0, 0.05) is 13.7 Å². The summed E-state index contributed by atoms with van der Waals surface area (Å²) in [5.41, 5.74) is 0.244. The summed E-state index contributed by atoms with van der Waals surface area (Å²) in [5.74, 6) is 0. The van der Waals surface area contributed by atoms with Crippen LogP contribution in [0.3, 0.4) is 0 Å². The summed E-state index contributed by atoms with van der Waals surface area (Å²) in [6.45, 7) is 6.78. The van der Waals surface area contributed by atoms with Crippen molar-refractivity contribution in [3.05, 3.63) is 16.4 Å². The van der Waals surface area contributed by atoms with Gasteiger partial charge in [0.25, 0.3) is 0 Å². The molecule has 0 aliphatic carbocycles. The summed E-state index contributed by atoms with van der Waals surface area (Å²) in [5, 5.41) is 14.8. The number of rotatable bonds is 6. The maximum absolute atomic E-state index is 10.6. The van der Waals surface area contributed by atoms with Crippen LogP contribution >= 0.6 is 15.9 Å². The van der Waals surface area contributed by atoms with Crippen LogP contribution in [0.2, 0.25) is 0 Å². The fourth-order valence-electron chi connectivity index (χ4n) is 2.18. The van der Waals surface area contributed by atoms with Crippen LogP contribution in [0.25, 0.3) is 0 Å². The number of aromatic nitrogens is 2. The predicted octanol–water partition coefficient (Wildman–Crippen LogP) is 2.90. The molecule has 1 atom stereocenters. The van der Waals surface area contributed by atoms with Crippen molar-refractivity contribution in [1.82, 2.24) is 9.78 Å². The molecule has 0 spiro atoms. The van der Waals surface area contributed by atoms with Crippen molar-refractivity contribution in [1.29, 1.82) is 0 Å². The van der Waals surface area contributed by atoms with Gasteiger partial charge in [0.2, 0.25) is 0 Å². The smallest absolute Gasteiger partial charge is 0.126 e. The Morgan fingerprint density at radius 1 is 1.47 bits per heavy atom. The molecule has 4 nitrogen and oxygen atoms in total. The van der Waals surface area contributed by atoms with Gasteiger partial charge >= 0.3 is 0 Å². The van der Waals surface area contributed by atoms with Crippen LogP contribution in [0, 0.1) is 0 Å². The lowest BCUT2D eigenvalue weighted by Gasteiger charge is -2.35. The molecule has 1 rings (SSSR count). The monoisotopic (exact) mass is 304 g/mol. The Morgan fingerprint density at radius 3 is 2.47 bits per heavy atom. The molecular weight excluding hydrogens is 284 g/mol. The van der Waals surface area contributed by atoms with E-state index < -0.39 is 11.7 Å². The zero-order valence-electron chi connectivity index (χ0n) is 10.9. The number of aliphatic hydroxyl groups is 1. The maximum Gasteiger partial charge on any atom is 0.126 e. The fourth-order valence-corrected chi connectivity index (χ4v) is 2.70. The molecule has 0 saturated heterocycles. The van der Waals surface area contributed by atoms with Crippen molar-refractivity contribution in [2.45, 2.75) is 51.9 Å². The molecule has 0 aliphatic rings. The highest BCUT2D eigenvalue weighted by atomic mass is 79.9. The Kier molecular flexibility index (Phi) is 5.16. The van der Waals surface area contributed by atoms with Crippen molar-refractivity contribution < 1.29 is 9.84 Å². The normalized spacial score (nSPS) is 14.0. The van der Waals surface area contributed by atoms with E-state index in [4.69, 9.17) is 4.74 Å². The number of aliphatic hydroxyl groups excluding tert-OH is 1. The second-order valence-electron chi connectivity index (χ2n) is 4.07. The van der Waals surface area contributed by atoms with E-state index in [1.165, 1.54) is 0 Å². The van der Waals surface area contributed by atoms with Crippen LogP contribution in [-0.4, -0.2) is 27.6 Å². The average molecular weight is 305 g/mol. The highest BCUT2D eigenvalue weighted by Crippen LogP contribution is 2.37. The third kappa shape index (κ3) is 2.56. The Bertz CT molecular complexity index is 353. The van der Waals surface area contributed by atoms with Gasteiger partial charge in [0.05, 0.1) is 22.0 Å². The Morgan fingerprint density at radius 2 is 2.06 bits per heavy atom. The summed E-state index contributed by atoms with van der Waals surface area (Å²) in [4.78, 5) is 0. The second-order valence-corrected chi connectivity index (χ2v) is 4.93. The number of methoxy groups -OCH3 is 1. The van der Waals surface area contributed by atoms with Crippen molar-refractivity contribution in [2.75, 3.05) is 7.11 Å². The van der Waals surface area contributed by atoms with E-state index in [1.54, 1.807) is 18.0 Å². The van der Waals surface area contributed by atoms with Crippen molar-refractivity contribution in [2.24, 2.45) is 0 Å². The van der Waals surface area contributed by atoms with E-state index in [9.17, 15) is 5.11 Å². The summed E-state index contributed by atoms with van der Waals surface area (Å²) in [6, 6.07) is 0. The van der Waals surface area contributed by atoms with Crippen LogP contribution in [-0.2, 0) is 11.3 Å². The zero-order chi connectivity index (χ0) is 13.1. The molecule has 98 valence electrons. The first-order valence-corrected chi connectivity index (χ1v) is 6.80. The summed E-state index contributed by atoms with van der Waals surface area (Å²) in [7, 11) is 1.65. The number of nitrogens with zero attached hydrogens (tertiary/aromatic N) is 2. The molecule has 0 radical (unpaired) electrons. The molecule has 0 fully saturated rings. The standard InChI is InChI=1S/C12H21BrN2O2/c1-5-12(6-2,17-4)11(16)10-9(13)8-14-15(10)7-3/h8,11,16H,5-7H2,1-4H3. The molecule has 0 saturated carbocycles. The SMILES string of the molecule is CCn1ncc(Br)c1C(O)C(CC)(CC)OC. The minimum absolute atomic E-state index is 0.546. The van der Waals surface area contributed by atoms with E-state index in [-0.39, 0.29) is 0 Å². The molecule has 1 unspecified atom stereocenters. The van der Waals surface area contributed by atoms with Gasteiger partial charge in [-0.1, -0.05) is 13.8 Å². The van der Waals surface area contributed by atoms with Crippen LogP contribution < -0.4 is 0 Å². The van der Waals surface area contributed by atoms with E-state index in [2.05, 4.69) is 21.0 Å². The first kappa shape index (κ1) is 14.7. The molecule has 1 heterocycles. The van der Waals surface area contributed by atoms with Crippen molar-refractivity contribution in [3.63, 3.8) is 0 Å². The lowest BCUT2D eigenvalue weighted by atomic mass is 9.88. The predicted molar refractivity (Wildman–Crippen MR) is 70.9 cm³/mol. The molecule has 1 N–H and O–H groups in total. The Balaban J connectivity index is 3.17. The van der Waals surface area contributed by atoms with Gasteiger partial charge in [-0.3, -0.25) is 4.68 Å². The topological polar surface area (TPSA) is 47.3 Å². The van der Waals surface area contributed by atoms with Crippen LogP contribution in [0.1, 0.15) is 45.4 Å². The maximum atomic E-state index is 10.6. The van der Waals surface area contributed by atoms with E-state index in [0.29, 0.717) is 0 Å². The van der Waals surface area contributed by atoms with E-state index >= 15 is 0 Å². The molecule has 5 heteroatoms.